The molecule has 0 bridgehead atoms. The summed E-state index contributed by atoms with van der Waals surface area (Å²) in [7, 11) is 5.44. The van der Waals surface area contributed by atoms with Crippen LogP contribution in [0.2, 0.25) is 0 Å². The molecule has 0 saturated carbocycles. The molecule has 29 heavy (non-hydrogen) atoms. The first-order valence-corrected chi connectivity index (χ1v) is 10.6. The summed E-state index contributed by atoms with van der Waals surface area (Å²) in [6.45, 7) is 6.80. The second-order valence-electron chi connectivity index (χ2n) is 8.23. The Morgan fingerprint density at radius 1 is 1.24 bits per heavy atom. The molecule has 1 aromatic carbocycles. The van der Waals surface area contributed by atoms with E-state index >= 15 is 0 Å². The van der Waals surface area contributed by atoms with Gasteiger partial charge in [0.1, 0.15) is 0 Å². The van der Waals surface area contributed by atoms with Crippen molar-refractivity contribution in [3.63, 3.8) is 0 Å². The first-order valence-electron chi connectivity index (χ1n) is 10.6. The SMILES string of the molecule is CN=C(NCCc1cccc(C(=O)N(C)C)c1)N1CCC(CN2CCCC2)C1.I. The van der Waals surface area contributed by atoms with E-state index in [-0.39, 0.29) is 29.9 Å². The van der Waals surface area contributed by atoms with Gasteiger partial charge in [-0.25, -0.2) is 0 Å². The standard InChI is InChI=1S/C22H35N5O.HI/c1-23-22(27-14-10-19(17-27)16-26-12-4-5-13-26)24-11-9-18-7-6-8-20(15-18)21(28)25(2)3;/h6-8,15,19H,4-5,9-14,16-17H2,1-3H3,(H,23,24);1H. The minimum absolute atomic E-state index is 0. The molecule has 1 amide bonds. The van der Waals surface area contributed by atoms with Gasteiger partial charge in [-0.15, -0.1) is 24.0 Å². The minimum atomic E-state index is 0. The second-order valence-corrected chi connectivity index (χ2v) is 8.23. The number of carbonyl (C=O) groups is 1. The van der Waals surface area contributed by atoms with Crippen LogP contribution in [0.4, 0.5) is 0 Å². The molecule has 2 aliphatic rings. The predicted octanol–water partition coefficient (Wildman–Crippen LogP) is 2.54. The molecule has 1 unspecified atom stereocenters. The molecule has 7 heteroatoms. The zero-order valence-corrected chi connectivity index (χ0v) is 20.4. The smallest absolute Gasteiger partial charge is 0.253 e. The lowest BCUT2D eigenvalue weighted by atomic mass is 10.1. The van der Waals surface area contributed by atoms with E-state index in [9.17, 15) is 4.79 Å². The third kappa shape index (κ3) is 6.84. The lowest BCUT2D eigenvalue weighted by Crippen LogP contribution is -2.41. The highest BCUT2D eigenvalue weighted by molar-refractivity contribution is 14.0. The summed E-state index contributed by atoms with van der Waals surface area (Å²) in [6.07, 6.45) is 4.85. The average Bonchev–Trinajstić information content (AvgIpc) is 3.37. The van der Waals surface area contributed by atoms with E-state index in [1.807, 2.05) is 25.2 Å². The number of amides is 1. The number of hydrogen-bond acceptors (Lipinski definition) is 3. The third-order valence-corrected chi connectivity index (χ3v) is 5.79. The molecule has 2 saturated heterocycles. The summed E-state index contributed by atoms with van der Waals surface area (Å²) in [5.74, 6) is 1.81. The molecule has 0 aliphatic carbocycles. The normalized spacial score (nSPS) is 19.9. The molecule has 6 nitrogen and oxygen atoms in total. The highest BCUT2D eigenvalue weighted by Gasteiger charge is 2.27. The lowest BCUT2D eigenvalue weighted by molar-refractivity contribution is 0.0827. The number of guanidine groups is 1. The largest absolute Gasteiger partial charge is 0.356 e. The van der Waals surface area contributed by atoms with Gasteiger partial charge in [0.05, 0.1) is 0 Å². The van der Waals surface area contributed by atoms with Crippen LogP contribution in [0.15, 0.2) is 29.3 Å². The molecular weight excluding hydrogens is 477 g/mol. The zero-order chi connectivity index (χ0) is 19.9. The molecule has 2 fully saturated rings. The number of nitrogens with one attached hydrogen (secondary N) is 1. The Hall–Kier alpha value is -1.35. The van der Waals surface area contributed by atoms with E-state index in [0.29, 0.717) is 0 Å². The fourth-order valence-electron chi connectivity index (χ4n) is 4.27. The van der Waals surface area contributed by atoms with Gasteiger partial charge in [0.25, 0.3) is 5.91 Å². The van der Waals surface area contributed by atoms with Crippen LogP contribution in [0.5, 0.6) is 0 Å². The van der Waals surface area contributed by atoms with Crippen LogP contribution >= 0.6 is 24.0 Å². The third-order valence-electron chi connectivity index (χ3n) is 5.79. The van der Waals surface area contributed by atoms with E-state index in [0.717, 1.165) is 43.5 Å². The van der Waals surface area contributed by atoms with Gasteiger partial charge in [0.2, 0.25) is 0 Å². The summed E-state index contributed by atoms with van der Waals surface area (Å²) in [6, 6.07) is 7.92. The van der Waals surface area contributed by atoms with E-state index in [1.54, 1.807) is 19.0 Å². The maximum atomic E-state index is 12.1. The molecule has 1 atom stereocenters. The quantitative estimate of drug-likeness (QED) is 0.361. The maximum absolute atomic E-state index is 12.1. The van der Waals surface area contributed by atoms with Crippen LogP contribution in [0.3, 0.4) is 0 Å². The fraction of sp³-hybridized carbons (Fsp3) is 0.636. The van der Waals surface area contributed by atoms with Crippen molar-refractivity contribution in [1.29, 1.82) is 0 Å². The summed E-state index contributed by atoms with van der Waals surface area (Å²) in [5, 5.41) is 3.51. The molecule has 2 aliphatic heterocycles. The summed E-state index contributed by atoms with van der Waals surface area (Å²) >= 11 is 0. The van der Waals surface area contributed by atoms with Crippen molar-refractivity contribution in [2.24, 2.45) is 10.9 Å². The predicted molar refractivity (Wildman–Crippen MR) is 130 cm³/mol. The van der Waals surface area contributed by atoms with Crippen LogP contribution in [0.1, 0.15) is 35.2 Å². The van der Waals surface area contributed by atoms with Gasteiger partial charge >= 0.3 is 0 Å². The number of carbonyl (C=O) groups excluding carboxylic acids is 1. The van der Waals surface area contributed by atoms with Crippen molar-refractivity contribution in [2.45, 2.75) is 25.7 Å². The minimum Gasteiger partial charge on any atom is -0.356 e. The van der Waals surface area contributed by atoms with Crippen molar-refractivity contribution in [3.05, 3.63) is 35.4 Å². The number of aliphatic imine (C=N–C) groups is 1. The van der Waals surface area contributed by atoms with E-state index in [2.05, 4.69) is 26.2 Å². The van der Waals surface area contributed by atoms with Crippen LogP contribution in [0.25, 0.3) is 0 Å². The first kappa shape index (κ1) is 23.9. The Morgan fingerprint density at radius 3 is 2.69 bits per heavy atom. The molecular formula is C22H36IN5O. The van der Waals surface area contributed by atoms with Crippen molar-refractivity contribution < 1.29 is 4.79 Å². The van der Waals surface area contributed by atoms with Crippen LogP contribution < -0.4 is 5.32 Å². The molecule has 0 radical (unpaired) electrons. The molecule has 0 aromatic heterocycles. The van der Waals surface area contributed by atoms with Gasteiger partial charge in [-0.1, -0.05) is 12.1 Å². The summed E-state index contributed by atoms with van der Waals surface area (Å²) in [4.78, 5) is 23.3. The Morgan fingerprint density at radius 2 is 2.00 bits per heavy atom. The van der Waals surface area contributed by atoms with E-state index < -0.39 is 0 Å². The van der Waals surface area contributed by atoms with Gasteiger partial charge in [-0.05, 0) is 62.4 Å². The highest BCUT2D eigenvalue weighted by atomic mass is 127. The molecule has 1 N–H and O–H groups in total. The Balaban J connectivity index is 0.00000300. The van der Waals surface area contributed by atoms with Gasteiger partial charge in [0, 0.05) is 52.9 Å². The van der Waals surface area contributed by atoms with Crippen LogP contribution in [-0.2, 0) is 6.42 Å². The number of likely N-dealkylation sites (tertiary alicyclic amines) is 2. The second kappa shape index (κ2) is 11.7. The molecule has 1 aromatic rings. The van der Waals surface area contributed by atoms with Crippen molar-refractivity contribution in [1.82, 2.24) is 20.0 Å². The zero-order valence-electron chi connectivity index (χ0n) is 18.1. The summed E-state index contributed by atoms with van der Waals surface area (Å²) in [5.41, 5.74) is 1.92. The van der Waals surface area contributed by atoms with Crippen molar-refractivity contribution in [3.8, 4) is 0 Å². The number of benzene rings is 1. The lowest BCUT2D eigenvalue weighted by Gasteiger charge is -2.23. The van der Waals surface area contributed by atoms with Crippen LogP contribution in [-0.4, -0.2) is 87.0 Å². The first-order chi connectivity index (χ1) is 13.6. The van der Waals surface area contributed by atoms with Gasteiger partial charge in [-0.2, -0.15) is 0 Å². The van der Waals surface area contributed by atoms with Crippen molar-refractivity contribution in [2.75, 3.05) is 60.4 Å². The van der Waals surface area contributed by atoms with Gasteiger partial charge in [0.15, 0.2) is 5.96 Å². The average molecular weight is 513 g/mol. The number of rotatable bonds is 6. The monoisotopic (exact) mass is 513 g/mol. The fourth-order valence-corrected chi connectivity index (χ4v) is 4.27. The molecule has 3 rings (SSSR count). The van der Waals surface area contributed by atoms with Crippen LogP contribution in [0, 0.1) is 5.92 Å². The Bertz CT molecular complexity index is 688. The van der Waals surface area contributed by atoms with E-state index in [4.69, 9.17) is 0 Å². The van der Waals surface area contributed by atoms with Gasteiger partial charge in [-0.3, -0.25) is 9.79 Å². The number of hydrogen-bond donors (Lipinski definition) is 1. The molecule has 2 heterocycles. The number of nitrogens with zero attached hydrogens (tertiary/aromatic N) is 4. The van der Waals surface area contributed by atoms with Crippen molar-refractivity contribution >= 4 is 35.8 Å². The highest BCUT2D eigenvalue weighted by Crippen LogP contribution is 2.20. The summed E-state index contributed by atoms with van der Waals surface area (Å²) < 4.78 is 0. The maximum Gasteiger partial charge on any atom is 0.253 e. The molecule has 162 valence electrons. The van der Waals surface area contributed by atoms with Gasteiger partial charge < -0.3 is 20.0 Å². The Kier molecular flexibility index (Phi) is 9.68. The Labute approximate surface area is 192 Å². The topological polar surface area (TPSA) is 51.2 Å². The van der Waals surface area contributed by atoms with E-state index in [1.165, 1.54) is 44.5 Å². The molecule has 0 spiro atoms. The number of halogens is 1.